The second kappa shape index (κ2) is 8.67. The van der Waals surface area contributed by atoms with Crippen LogP contribution in [0.25, 0.3) is 6.08 Å². The Hall–Kier alpha value is -2.88. The third-order valence-electron chi connectivity index (χ3n) is 4.39. The third kappa shape index (κ3) is 4.85. The molecule has 0 unspecified atom stereocenters. The molecule has 0 saturated heterocycles. The Labute approximate surface area is 160 Å². The Kier molecular flexibility index (Phi) is 6.07. The Bertz CT molecular complexity index is 846. The number of carbonyl (C=O) groups excluding carboxylic acids is 1. The van der Waals surface area contributed by atoms with Crippen LogP contribution in [0.15, 0.2) is 59.2 Å². The molecule has 0 radical (unpaired) electrons. The molecule has 0 atom stereocenters. The van der Waals surface area contributed by atoms with Gasteiger partial charge in [0.25, 0.3) is 0 Å². The van der Waals surface area contributed by atoms with Gasteiger partial charge in [0.1, 0.15) is 5.75 Å². The number of unbranched alkanes of at least 4 members (excludes halogenated alkanes) is 1. The van der Waals surface area contributed by atoms with Gasteiger partial charge in [-0.3, -0.25) is 0 Å². The molecule has 27 heavy (non-hydrogen) atoms. The summed E-state index contributed by atoms with van der Waals surface area (Å²) in [5, 5.41) is 0. The lowest BCUT2D eigenvalue weighted by Gasteiger charge is -2.05. The van der Waals surface area contributed by atoms with Crippen molar-refractivity contribution in [3.05, 3.63) is 70.9 Å². The van der Waals surface area contributed by atoms with E-state index in [-0.39, 0.29) is 0 Å². The summed E-state index contributed by atoms with van der Waals surface area (Å²) in [4.78, 5) is 16.5. The van der Waals surface area contributed by atoms with E-state index in [0.717, 1.165) is 29.7 Å². The zero-order valence-corrected chi connectivity index (χ0v) is 16.1. The van der Waals surface area contributed by atoms with E-state index >= 15 is 0 Å². The molecule has 3 rings (SSSR count). The smallest absolute Gasteiger partial charge is 0.363 e. The van der Waals surface area contributed by atoms with Crippen molar-refractivity contribution in [3.8, 4) is 5.75 Å². The summed E-state index contributed by atoms with van der Waals surface area (Å²) in [5.74, 6) is 1.20. The first-order chi connectivity index (χ1) is 13.1. The SMILES string of the molecule is CCCCOc1ccc(/C=C2\N=C(c3ccc(C(C)C)cc3)OC2=O)cc1. The third-order valence-corrected chi connectivity index (χ3v) is 4.39. The lowest BCUT2D eigenvalue weighted by atomic mass is 10.0. The zero-order valence-electron chi connectivity index (χ0n) is 16.1. The van der Waals surface area contributed by atoms with Crippen molar-refractivity contribution >= 4 is 17.9 Å². The molecule has 2 aromatic carbocycles. The van der Waals surface area contributed by atoms with E-state index in [1.807, 2.05) is 48.5 Å². The number of benzene rings is 2. The predicted molar refractivity (Wildman–Crippen MR) is 108 cm³/mol. The van der Waals surface area contributed by atoms with Gasteiger partial charge >= 0.3 is 5.97 Å². The Morgan fingerprint density at radius 1 is 1.07 bits per heavy atom. The van der Waals surface area contributed by atoms with Gasteiger partial charge in [-0.15, -0.1) is 0 Å². The Morgan fingerprint density at radius 3 is 2.41 bits per heavy atom. The Morgan fingerprint density at radius 2 is 1.78 bits per heavy atom. The molecule has 0 spiro atoms. The summed E-state index contributed by atoms with van der Waals surface area (Å²) < 4.78 is 11.0. The van der Waals surface area contributed by atoms with E-state index in [1.54, 1.807) is 6.08 Å². The predicted octanol–water partition coefficient (Wildman–Crippen LogP) is 5.33. The first kappa shape index (κ1) is 18.9. The standard InChI is InChI=1S/C23H25NO3/c1-4-5-14-26-20-12-6-17(7-13-20)15-21-23(25)27-22(24-21)19-10-8-18(9-11-19)16(2)3/h6-13,15-16H,4-5,14H2,1-3H3/b21-15-. The van der Waals surface area contributed by atoms with Gasteiger partial charge in [0, 0.05) is 5.56 Å². The molecule has 0 N–H and O–H groups in total. The fourth-order valence-corrected chi connectivity index (χ4v) is 2.70. The van der Waals surface area contributed by atoms with Crippen LogP contribution in [0, 0.1) is 0 Å². The molecule has 140 valence electrons. The van der Waals surface area contributed by atoms with Crippen LogP contribution in [0.4, 0.5) is 0 Å². The molecule has 1 aliphatic heterocycles. The van der Waals surface area contributed by atoms with Crippen LogP contribution in [-0.2, 0) is 9.53 Å². The molecule has 2 aromatic rings. The highest BCUT2D eigenvalue weighted by molar-refractivity contribution is 6.12. The van der Waals surface area contributed by atoms with Gasteiger partial charge in [0.05, 0.1) is 6.61 Å². The molecule has 0 fully saturated rings. The van der Waals surface area contributed by atoms with Crippen LogP contribution in [-0.4, -0.2) is 18.5 Å². The Balaban J connectivity index is 1.73. The topological polar surface area (TPSA) is 47.9 Å². The van der Waals surface area contributed by atoms with Gasteiger partial charge < -0.3 is 9.47 Å². The average Bonchev–Trinajstić information content (AvgIpc) is 3.04. The van der Waals surface area contributed by atoms with Gasteiger partial charge in [-0.05, 0) is 53.8 Å². The fraction of sp³-hybridized carbons (Fsp3) is 0.304. The maximum atomic E-state index is 12.1. The van der Waals surface area contributed by atoms with Crippen molar-refractivity contribution in [1.82, 2.24) is 0 Å². The van der Waals surface area contributed by atoms with Crippen LogP contribution < -0.4 is 4.74 Å². The van der Waals surface area contributed by atoms with Crippen LogP contribution in [0.3, 0.4) is 0 Å². The van der Waals surface area contributed by atoms with Crippen LogP contribution in [0.1, 0.15) is 56.2 Å². The van der Waals surface area contributed by atoms with Crippen molar-refractivity contribution in [2.24, 2.45) is 4.99 Å². The van der Waals surface area contributed by atoms with E-state index in [9.17, 15) is 4.79 Å². The highest BCUT2D eigenvalue weighted by Crippen LogP contribution is 2.22. The van der Waals surface area contributed by atoms with E-state index in [4.69, 9.17) is 9.47 Å². The maximum Gasteiger partial charge on any atom is 0.363 e. The molecule has 0 aliphatic carbocycles. The summed E-state index contributed by atoms with van der Waals surface area (Å²) in [5.41, 5.74) is 3.22. The van der Waals surface area contributed by atoms with Crippen molar-refractivity contribution < 1.29 is 14.3 Å². The monoisotopic (exact) mass is 363 g/mol. The van der Waals surface area contributed by atoms with Crippen molar-refractivity contribution in [2.75, 3.05) is 6.61 Å². The van der Waals surface area contributed by atoms with Gasteiger partial charge in [-0.25, -0.2) is 9.79 Å². The number of esters is 1. The van der Waals surface area contributed by atoms with Crippen LogP contribution in [0.5, 0.6) is 5.75 Å². The normalized spacial score (nSPS) is 15.2. The minimum absolute atomic E-state index is 0.303. The first-order valence-corrected chi connectivity index (χ1v) is 9.42. The van der Waals surface area contributed by atoms with Crippen LogP contribution >= 0.6 is 0 Å². The molecule has 0 saturated carbocycles. The summed E-state index contributed by atoms with van der Waals surface area (Å²) in [6, 6.07) is 15.6. The van der Waals surface area contributed by atoms with Crippen molar-refractivity contribution in [3.63, 3.8) is 0 Å². The van der Waals surface area contributed by atoms with Gasteiger partial charge in [0.2, 0.25) is 5.90 Å². The zero-order chi connectivity index (χ0) is 19.2. The highest BCUT2D eigenvalue weighted by atomic mass is 16.6. The molecule has 1 heterocycles. The molecule has 0 bridgehead atoms. The molecule has 4 heteroatoms. The van der Waals surface area contributed by atoms with E-state index in [0.29, 0.717) is 24.1 Å². The fourth-order valence-electron chi connectivity index (χ4n) is 2.70. The summed E-state index contributed by atoms with van der Waals surface area (Å²) in [6.45, 7) is 7.13. The largest absolute Gasteiger partial charge is 0.494 e. The van der Waals surface area contributed by atoms with Gasteiger partial charge in [-0.2, -0.15) is 0 Å². The molecule has 0 aromatic heterocycles. The second-order valence-corrected chi connectivity index (χ2v) is 6.88. The average molecular weight is 363 g/mol. The molecule has 4 nitrogen and oxygen atoms in total. The lowest BCUT2D eigenvalue weighted by molar-refractivity contribution is -0.129. The quantitative estimate of drug-likeness (QED) is 0.379. The number of carbonyl (C=O) groups is 1. The summed E-state index contributed by atoms with van der Waals surface area (Å²) >= 11 is 0. The minimum atomic E-state index is -0.429. The van der Waals surface area contributed by atoms with Gasteiger partial charge in [0.15, 0.2) is 5.70 Å². The number of ether oxygens (including phenoxy) is 2. The summed E-state index contributed by atoms with van der Waals surface area (Å²) in [7, 11) is 0. The van der Waals surface area contributed by atoms with E-state index in [2.05, 4.69) is 25.8 Å². The molecule has 0 amide bonds. The number of aliphatic imine (C=N–C) groups is 1. The lowest BCUT2D eigenvalue weighted by Crippen LogP contribution is -2.05. The number of nitrogens with zero attached hydrogens (tertiary/aromatic N) is 1. The molecular formula is C23H25NO3. The minimum Gasteiger partial charge on any atom is -0.494 e. The highest BCUT2D eigenvalue weighted by Gasteiger charge is 2.24. The maximum absolute atomic E-state index is 12.1. The number of hydrogen-bond acceptors (Lipinski definition) is 4. The van der Waals surface area contributed by atoms with Crippen LogP contribution in [0.2, 0.25) is 0 Å². The first-order valence-electron chi connectivity index (χ1n) is 9.42. The van der Waals surface area contributed by atoms with Gasteiger partial charge in [-0.1, -0.05) is 51.5 Å². The number of hydrogen-bond donors (Lipinski definition) is 0. The molecule has 1 aliphatic rings. The second-order valence-electron chi connectivity index (χ2n) is 6.88. The van der Waals surface area contributed by atoms with Crippen molar-refractivity contribution in [1.29, 1.82) is 0 Å². The van der Waals surface area contributed by atoms with E-state index in [1.165, 1.54) is 5.56 Å². The number of rotatable bonds is 7. The van der Waals surface area contributed by atoms with Crippen molar-refractivity contribution in [2.45, 2.75) is 39.5 Å². The molecular weight excluding hydrogens is 338 g/mol. The van der Waals surface area contributed by atoms with E-state index < -0.39 is 5.97 Å². The number of cyclic esters (lactones) is 1. The summed E-state index contributed by atoms with van der Waals surface area (Å²) in [6.07, 6.45) is 3.87.